The number of benzene rings is 2. The molecule has 2 aromatic carbocycles. The first kappa shape index (κ1) is 20.1. The van der Waals surface area contributed by atoms with Gasteiger partial charge in [-0.25, -0.2) is 4.39 Å². The van der Waals surface area contributed by atoms with Crippen LogP contribution in [-0.4, -0.2) is 36.1 Å². The second-order valence-electron chi connectivity index (χ2n) is 7.31. The molecule has 0 aliphatic carbocycles. The molecule has 1 saturated heterocycles. The van der Waals surface area contributed by atoms with Crippen LogP contribution in [0.1, 0.15) is 23.1 Å². The van der Waals surface area contributed by atoms with Crippen LogP contribution in [0, 0.1) is 28.5 Å². The van der Waals surface area contributed by atoms with Gasteiger partial charge in [0, 0.05) is 44.3 Å². The molecule has 4 rings (SSSR count). The minimum absolute atomic E-state index is 0.190. The summed E-state index contributed by atoms with van der Waals surface area (Å²) in [5, 5.41) is 19.5. The summed E-state index contributed by atoms with van der Waals surface area (Å²) in [6.45, 7) is 3.92. The molecule has 1 aromatic heterocycles. The molecule has 3 aromatic rings. The Balaban J connectivity index is 1.60. The second-order valence-corrected chi connectivity index (χ2v) is 7.72. The van der Waals surface area contributed by atoms with E-state index >= 15 is 0 Å². The molecule has 0 radical (unpaired) electrons. The van der Waals surface area contributed by atoms with Gasteiger partial charge in [0.2, 0.25) is 0 Å². The molecule has 1 aliphatic rings. The Hall–Kier alpha value is -3.19. The van der Waals surface area contributed by atoms with Crippen LogP contribution in [0.4, 0.5) is 10.1 Å². The van der Waals surface area contributed by atoms with Crippen LogP contribution in [0.25, 0.3) is 10.9 Å². The number of halogens is 2. The van der Waals surface area contributed by atoms with Crippen molar-refractivity contribution in [3.05, 3.63) is 70.1 Å². The van der Waals surface area contributed by atoms with E-state index in [-0.39, 0.29) is 5.52 Å². The average Bonchev–Trinajstić information content (AvgIpc) is 3.01. The van der Waals surface area contributed by atoms with Gasteiger partial charge in [-0.3, -0.25) is 9.88 Å². The lowest BCUT2D eigenvalue weighted by Crippen LogP contribution is -2.31. The summed E-state index contributed by atoms with van der Waals surface area (Å²) in [6, 6.07) is 14.8. The first-order valence-corrected chi connectivity index (χ1v) is 10.1. The second kappa shape index (κ2) is 8.67. The van der Waals surface area contributed by atoms with Crippen molar-refractivity contribution < 1.29 is 4.39 Å². The maximum atomic E-state index is 14.3. The first-order chi connectivity index (χ1) is 14.6. The van der Waals surface area contributed by atoms with Gasteiger partial charge in [-0.2, -0.15) is 10.5 Å². The van der Waals surface area contributed by atoms with Crippen molar-refractivity contribution in [2.75, 3.05) is 31.1 Å². The standard InChI is InChI=1S/C23H19ClFN5/c24-19-6-7-20(25)22-21(19)23(18(13-27)14-28-22)30-9-1-8-29(10-11-30)15-17-4-2-16(12-26)3-5-17/h2-7,14H,1,8-11,15H2. The third kappa shape index (κ3) is 3.93. The number of hydrogen-bond donors (Lipinski definition) is 0. The minimum Gasteiger partial charge on any atom is -0.368 e. The molecule has 5 nitrogen and oxygen atoms in total. The third-order valence-corrected chi connectivity index (χ3v) is 5.72. The van der Waals surface area contributed by atoms with Crippen LogP contribution in [0.2, 0.25) is 5.02 Å². The van der Waals surface area contributed by atoms with Gasteiger partial charge in [0.15, 0.2) is 0 Å². The van der Waals surface area contributed by atoms with E-state index in [1.807, 2.05) is 24.3 Å². The number of hydrogen-bond acceptors (Lipinski definition) is 5. The zero-order chi connectivity index (χ0) is 21.1. The zero-order valence-electron chi connectivity index (χ0n) is 16.3. The minimum atomic E-state index is -0.447. The van der Waals surface area contributed by atoms with Crippen LogP contribution in [0.5, 0.6) is 0 Å². The smallest absolute Gasteiger partial charge is 0.149 e. The lowest BCUT2D eigenvalue weighted by Gasteiger charge is -2.26. The normalized spacial score (nSPS) is 14.9. The summed E-state index contributed by atoms with van der Waals surface area (Å²) in [7, 11) is 0. The van der Waals surface area contributed by atoms with Gasteiger partial charge in [-0.05, 0) is 36.2 Å². The van der Waals surface area contributed by atoms with Crippen molar-refractivity contribution >= 4 is 28.2 Å². The quantitative estimate of drug-likeness (QED) is 0.626. The molecule has 0 atom stereocenters. The predicted octanol–water partition coefficient (Wildman–Crippen LogP) is 4.48. The van der Waals surface area contributed by atoms with Crippen molar-refractivity contribution in [3.63, 3.8) is 0 Å². The lowest BCUT2D eigenvalue weighted by atomic mass is 10.1. The van der Waals surface area contributed by atoms with Gasteiger partial charge >= 0.3 is 0 Å². The van der Waals surface area contributed by atoms with Gasteiger partial charge < -0.3 is 4.90 Å². The summed E-state index contributed by atoms with van der Waals surface area (Å²) in [5.74, 6) is -0.447. The van der Waals surface area contributed by atoms with E-state index in [9.17, 15) is 9.65 Å². The molecule has 30 heavy (non-hydrogen) atoms. The largest absolute Gasteiger partial charge is 0.368 e. The van der Waals surface area contributed by atoms with E-state index in [1.165, 1.54) is 18.3 Å². The Labute approximate surface area is 179 Å². The fourth-order valence-electron chi connectivity index (χ4n) is 3.92. The summed E-state index contributed by atoms with van der Waals surface area (Å²) in [5.41, 5.74) is 3.05. The van der Waals surface area contributed by atoms with E-state index < -0.39 is 5.82 Å². The highest BCUT2D eigenvalue weighted by Crippen LogP contribution is 2.36. The fourth-order valence-corrected chi connectivity index (χ4v) is 4.17. The number of nitriles is 2. The maximum absolute atomic E-state index is 14.3. The first-order valence-electron chi connectivity index (χ1n) is 9.74. The van der Waals surface area contributed by atoms with E-state index in [2.05, 4.69) is 26.9 Å². The van der Waals surface area contributed by atoms with E-state index in [0.717, 1.165) is 38.2 Å². The summed E-state index contributed by atoms with van der Waals surface area (Å²) < 4.78 is 14.3. The molecule has 7 heteroatoms. The van der Waals surface area contributed by atoms with Crippen LogP contribution in [0.15, 0.2) is 42.6 Å². The van der Waals surface area contributed by atoms with E-state index in [0.29, 0.717) is 33.8 Å². The molecule has 0 unspecified atom stereocenters. The Bertz CT molecular complexity index is 1160. The van der Waals surface area contributed by atoms with Gasteiger partial charge in [-0.15, -0.1) is 0 Å². The van der Waals surface area contributed by atoms with Crippen molar-refractivity contribution in [3.8, 4) is 12.1 Å². The average molecular weight is 420 g/mol. The van der Waals surface area contributed by atoms with E-state index in [1.54, 1.807) is 0 Å². The molecule has 0 spiro atoms. The van der Waals surface area contributed by atoms with Gasteiger partial charge in [0.25, 0.3) is 0 Å². The van der Waals surface area contributed by atoms with Gasteiger partial charge in [0.1, 0.15) is 17.4 Å². The SMILES string of the molecule is N#Cc1ccc(CN2CCCN(c3c(C#N)cnc4c(F)ccc(Cl)c34)CC2)cc1. The van der Waals surface area contributed by atoms with Crippen molar-refractivity contribution in [1.82, 2.24) is 9.88 Å². The fraction of sp³-hybridized carbons (Fsp3) is 0.261. The third-order valence-electron chi connectivity index (χ3n) is 5.41. The number of nitrogens with zero attached hydrogens (tertiary/aromatic N) is 5. The predicted molar refractivity (Wildman–Crippen MR) is 115 cm³/mol. The highest BCUT2D eigenvalue weighted by atomic mass is 35.5. The summed E-state index contributed by atoms with van der Waals surface area (Å²) in [4.78, 5) is 8.60. The van der Waals surface area contributed by atoms with Crippen LogP contribution < -0.4 is 4.90 Å². The van der Waals surface area contributed by atoms with Crippen LogP contribution >= 0.6 is 11.6 Å². The van der Waals surface area contributed by atoms with Gasteiger partial charge in [0.05, 0.1) is 27.9 Å². The Kier molecular flexibility index (Phi) is 5.81. The molecule has 1 aliphatic heterocycles. The highest BCUT2D eigenvalue weighted by molar-refractivity contribution is 6.36. The number of fused-ring (bicyclic) bond motifs is 1. The van der Waals surface area contributed by atoms with Crippen LogP contribution in [0.3, 0.4) is 0 Å². The molecule has 0 bridgehead atoms. The van der Waals surface area contributed by atoms with Gasteiger partial charge in [-0.1, -0.05) is 23.7 Å². The lowest BCUT2D eigenvalue weighted by molar-refractivity contribution is 0.285. The highest BCUT2D eigenvalue weighted by Gasteiger charge is 2.22. The van der Waals surface area contributed by atoms with Crippen LogP contribution in [-0.2, 0) is 6.54 Å². The van der Waals surface area contributed by atoms with Crippen molar-refractivity contribution in [2.24, 2.45) is 0 Å². The summed E-state index contributed by atoms with van der Waals surface area (Å²) >= 11 is 6.41. The molecular formula is C23H19ClFN5. The molecule has 0 N–H and O–H groups in total. The zero-order valence-corrected chi connectivity index (χ0v) is 17.0. The number of aromatic nitrogens is 1. The molecule has 0 amide bonds. The molecule has 0 saturated carbocycles. The maximum Gasteiger partial charge on any atom is 0.149 e. The Morgan fingerprint density at radius 1 is 1.00 bits per heavy atom. The Morgan fingerprint density at radius 3 is 2.53 bits per heavy atom. The van der Waals surface area contributed by atoms with Crippen molar-refractivity contribution in [1.29, 1.82) is 10.5 Å². The van der Waals surface area contributed by atoms with Crippen molar-refractivity contribution in [2.45, 2.75) is 13.0 Å². The topological polar surface area (TPSA) is 67.0 Å². The van der Waals surface area contributed by atoms with E-state index in [4.69, 9.17) is 16.9 Å². The monoisotopic (exact) mass is 419 g/mol. The number of anilines is 1. The summed E-state index contributed by atoms with van der Waals surface area (Å²) in [6.07, 6.45) is 2.33. The molecule has 150 valence electrons. The molecule has 1 fully saturated rings. The number of pyridine rings is 1. The number of rotatable bonds is 3. The molecular weight excluding hydrogens is 401 g/mol. The Morgan fingerprint density at radius 2 is 1.80 bits per heavy atom. The molecule has 2 heterocycles.